The molecule has 0 saturated carbocycles. The Hall–Kier alpha value is -2.92. The molecule has 6 heteroatoms. The number of halogens is 1. The molecule has 2 aromatic carbocycles. The van der Waals surface area contributed by atoms with Crippen LogP contribution in [0.2, 0.25) is 5.02 Å². The number of anilines is 2. The van der Waals surface area contributed by atoms with Crippen LogP contribution in [0.15, 0.2) is 60.7 Å². The Morgan fingerprint density at radius 3 is 2.52 bits per heavy atom. The van der Waals surface area contributed by atoms with E-state index in [1.807, 2.05) is 55.5 Å². The maximum atomic E-state index is 12.4. The quantitative estimate of drug-likeness (QED) is 0.725. The molecule has 0 aliphatic carbocycles. The lowest BCUT2D eigenvalue weighted by molar-refractivity contribution is 0.0946. The van der Waals surface area contributed by atoms with Crippen molar-refractivity contribution < 1.29 is 4.79 Å². The van der Waals surface area contributed by atoms with Gasteiger partial charge in [-0.2, -0.15) is 0 Å². The van der Waals surface area contributed by atoms with E-state index in [0.717, 1.165) is 11.3 Å². The van der Waals surface area contributed by atoms with Crippen LogP contribution in [0.4, 0.5) is 11.6 Å². The lowest BCUT2D eigenvalue weighted by Gasteiger charge is -2.09. The highest BCUT2D eigenvalue weighted by molar-refractivity contribution is 6.31. The molecule has 5 nitrogen and oxygen atoms in total. The van der Waals surface area contributed by atoms with E-state index in [9.17, 15) is 4.79 Å². The van der Waals surface area contributed by atoms with Gasteiger partial charge in [0.05, 0.1) is 0 Å². The summed E-state index contributed by atoms with van der Waals surface area (Å²) in [5, 5.41) is 6.55. The van der Waals surface area contributed by atoms with Gasteiger partial charge in [0.2, 0.25) is 5.95 Å². The van der Waals surface area contributed by atoms with Gasteiger partial charge in [-0.25, -0.2) is 9.97 Å². The van der Waals surface area contributed by atoms with Crippen molar-refractivity contribution in [3.05, 3.63) is 82.6 Å². The second kappa shape index (κ2) is 7.77. The molecule has 0 unspecified atom stereocenters. The molecule has 0 saturated heterocycles. The zero-order valence-corrected chi connectivity index (χ0v) is 14.4. The minimum Gasteiger partial charge on any atom is -0.347 e. The fourth-order valence-electron chi connectivity index (χ4n) is 2.30. The van der Waals surface area contributed by atoms with E-state index >= 15 is 0 Å². The maximum absolute atomic E-state index is 12.4. The zero-order valence-electron chi connectivity index (χ0n) is 13.7. The molecule has 0 fully saturated rings. The SMILES string of the molecule is Cc1cc(C(=O)NCc2ccccc2Cl)nc(Nc2ccccc2)n1. The number of carbonyl (C=O) groups excluding carboxylic acids is 1. The summed E-state index contributed by atoms with van der Waals surface area (Å²) < 4.78 is 0. The summed E-state index contributed by atoms with van der Waals surface area (Å²) in [6.45, 7) is 2.16. The van der Waals surface area contributed by atoms with Gasteiger partial charge >= 0.3 is 0 Å². The first-order chi connectivity index (χ1) is 12.1. The molecule has 1 amide bonds. The van der Waals surface area contributed by atoms with E-state index in [4.69, 9.17) is 11.6 Å². The number of hydrogen-bond donors (Lipinski definition) is 2. The number of amides is 1. The normalized spacial score (nSPS) is 10.3. The summed E-state index contributed by atoms with van der Waals surface area (Å²) in [5.41, 5.74) is 2.72. The summed E-state index contributed by atoms with van der Waals surface area (Å²) in [5.74, 6) is 0.107. The number of nitrogens with zero attached hydrogens (tertiary/aromatic N) is 2. The summed E-state index contributed by atoms with van der Waals surface area (Å²) in [6, 6.07) is 18.6. The highest BCUT2D eigenvalue weighted by atomic mass is 35.5. The topological polar surface area (TPSA) is 66.9 Å². The molecule has 0 radical (unpaired) electrons. The van der Waals surface area contributed by atoms with E-state index in [-0.39, 0.29) is 5.91 Å². The van der Waals surface area contributed by atoms with E-state index < -0.39 is 0 Å². The second-order valence-electron chi connectivity index (χ2n) is 5.48. The molecular weight excluding hydrogens is 336 g/mol. The van der Waals surface area contributed by atoms with Crippen molar-refractivity contribution in [2.75, 3.05) is 5.32 Å². The van der Waals surface area contributed by atoms with Crippen LogP contribution in [0.25, 0.3) is 0 Å². The molecule has 2 N–H and O–H groups in total. The van der Waals surface area contributed by atoms with Gasteiger partial charge in [-0.15, -0.1) is 0 Å². The van der Waals surface area contributed by atoms with E-state index in [0.29, 0.717) is 28.9 Å². The Balaban J connectivity index is 1.73. The predicted octanol–water partition coefficient (Wildman–Crippen LogP) is 4.11. The highest BCUT2D eigenvalue weighted by Crippen LogP contribution is 2.15. The molecule has 0 atom stereocenters. The zero-order chi connectivity index (χ0) is 17.6. The van der Waals surface area contributed by atoms with E-state index in [2.05, 4.69) is 20.6 Å². The standard InChI is InChI=1S/C19H17ClN4O/c1-13-11-17(18(25)21-12-14-7-5-6-10-16(14)20)24-19(22-13)23-15-8-3-2-4-9-15/h2-11H,12H2,1H3,(H,21,25)(H,22,23,24). The maximum Gasteiger partial charge on any atom is 0.270 e. The first-order valence-electron chi connectivity index (χ1n) is 7.81. The third kappa shape index (κ3) is 4.55. The third-order valence-corrected chi connectivity index (χ3v) is 3.88. The van der Waals surface area contributed by atoms with Crippen LogP contribution in [-0.4, -0.2) is 15.9 Å². The number of carbonyl (C=O) groups is 1. The van der Waals surface area contributed by atoms with Crippen LogP contribution < -0.4 is 10.6 Å². The number of hydrogen-bond acceptors (Lipinski definition) is 4. The summed E-state index contributed by atoms with van der Waals surface area (Å²) in [7, 11) is 0. The van der Waals surface area contributed by atoms with Gasteiger partial charge in [0.15, 0.2) is 0 Å². The molecular formula is C19H17ClN4O. The smallest absolute Gasteiger partial charge is 0.270 e. The largest absolute Gasteiger partial charge is 0.347 e. The average molecular weight is 353 g/mol. The number of aryl methyl sites for hydroxylation is 1. The van der Waals surface area contributed by atoms with Crippen LogP contribution in [0.5, 0.6) is 0 Å². The first-order valence-corrected chi connectivity index (χ1v) is 8.19. The lowest BCUT2D eigenvalue weighted by atomic mass is 10.2. The van der Waals surface area contributed by atoms with Gasteiger partial charge in [-0.3, -0.25) is 4.79 Å². The number of para-hydroxylation sites is 1. The summed E-state index contributed by atoms with van der Waals surface area (Å²) in [4.78, 5) is 21.0. The van der Waals surface area contributed by atoms with Crippen molar-refractivity contribution in [1.29, 1.82) is 0 Å². The lowest BCUT2D eigenvalue weighted by Crippen LogP contribution is -2.24. The van der Waals surface area contributed by atoms with Crippen LogP contribution in [0, 0.1) is 6.92 Å². The molecule has 1 heterocycles. The van der Waals surface area contributed by atoms with Crippen LogP contribution >= 0.6 is 11.6 Å². The fraction of sp³-hybridized carbons (Fsp3) is 0.105. The first kappa shape index (κ1) is 16.9. The number of benzene rings is 2. The Bertz CT molecular complexity index is 884. The Kier molecular flexibility index (Phi) is 5.26. The van der Waals surface area contributed by atoms with Crippen LogP contribution in [-0.2, 0) is 6.54 Å². The summed E-state index contributed by atoms with van der Waals surface area (Å²) >= 11 is 6.11. The third-order valence-electron chi connectivity index (χ3n) is 3.51. The molecule has 25 heavy (non-hydrogen) atoms. The van der Waals surface area contributed by atoms with Crippen LogP contribution in [0.3, 0.4) is 0 Å². The van der Waals surface area contributed by atoms with Gasteiger partial charge < -0.3 is 10.6 Å². The molecule has 126 valence electrons. The molecule has 0 aliphatic heterocycles. The highest BCUT2D eigenvalue weighted by Gasteiger charge is 2.11. The molecule has 0 spiro atoms. The number of aromatic nitrogens is 2. The van der Waals surface area contributed by atoms with Gasteiger partial charge in [0, 0.05) is 22.9 Å². The van der Waals surface area contributed by atoms with Crippen molar-refractivity contribution in [1.82, 2.24) is 15.3 Å². The van der Waals surface area contributed by atoms with Gasteiger partial charge in [0.1, 0.15) is 5.69 Å². The van der Waals surface area contributed by atoms with Crippen LogP contribution in [0.1, 0.15) is 21.7 Å². The van der Waals surface area contributed by atoms with Crippen molar-refractivity contribution in [2.45, 2.75) is 13.5 Å². The Morgan fingerprint density at radius 2 is 1.76 bits per heavy atom. The Morgan fingerprint density at radius 1 is 1.04 bits per heavy atom. The van der Waals surface area contributed by atoms with E-state index in [1.165, 1.54) is 0 Å². The molecule has 3 aromatic rings. The summed E-state index contributed by atoms with van der Waals surface area (Å²) in [6.07, 6.45) is 0. The minimum atomic E-state index is -0.276. The van der Waals surface area contributed by atoms with Crippen molar-refractivity contribution in [3.63, 3.8) is 0 Å². The predicted molar refractivity (Wildman–Crippen MR) is 99.1 cm³/mol. The Labute approximate surface area is 151 Å². The van der Waals surface area contributed by atoms with Gasteiger partial charge in [-0.05, 0) is 36.8 Å². The molecule has 0 bridgehead atoms. The number of nitrogens with one attached hydrogen (secondary N) is 2. The average Bonchev–Trinajstić information content (AvgIpc) is 2.61. The van der Waals surface area contributed by atoms with Gasteiger partial charge in [-0.1, -0.05) is 48.0 Å². The second-order valence-corrected chi connectivity index (χ2v) is 5.89. The molecule has 1 aromatic heterocycles. The molecule has 3 rings (SSSR count). The van der Waals surface area contributed by atoms with Crippen molar-refractivity contribution in [3.8, 4) is 0 Å². The van der Waals surface area contributed by atoms with Crippen molar-refractivity contribution in [2.24, 2.45) is 0 Å². The number of rotatable bonds is 5. The molecule has 0 aliphatic rings. The monoisotopic (exact) mass is 352 g/mol. The van der Waals surface area contributed by atoms with Crippen molar-refractivity contribution >= 4 is 29.1 Å². The van der Waals surface area contributed by atoms with Gasteiger partial charge in [0.25, 0.3) is 5.91 Å². The minimum absolute atomic E-state index is 0.276. The fourth-order valence-corrected chi connectivity index (χ4v) is 2.50. The van der Waals surface area contributed by atoms with E-state index in [1.54, 1.807) is 12.1 Å².